The fourth-order valence-corrected chi connectivity index (χ4v) is 1.77. The summed E-state index contributed by atoms with van der Waals surface area (Å²) in [5.74, 6) is -1.01. The van der Waals surface area contributed by atoms with Crippen molar-refractivity contribution in [3.63, 3.8) is 0 Å². The van der Waals surface area contributed by atoms with E-state index in [1.165, 1.54) is 18.2 Å². The van der Waals surface area contributed by atoms with Crippen molar-refractivity contribution in [1.29, 1.82) is 0 Å². The minimum Gasteiger partial charge on any atom is -0.346 e. The van der Waals surface area contributed by atoms with Gasteiger partial charge < -0.3 is 5.32 Å². The van der Waals surface area contributed by atoms with E-state index in [-0.39, 0.29) is 22.8 Å². The van der Waals surface area contributed by atoms with E-state index in [0.29, 0.717) is 6.42 Å². The maximum Gasteiger partial charge on any atom is 0.225 e. The Bertz CT molecular complexity index is 442. The maximum atomic E-state index is 13.4. The first kappa shape index (κ1) is 14.6. The Labute approximate surface area is 110 Å². The number of carbonyl (C=O) groups excluding carboxylic acids is 2. The molecule has 3 nitrogen and oxygen atoms in total. The number of rotatable bonds is 5. The van der Waals surface area contributed by atoms with Crippen molar-refractivity contribution in [2.75, 3.05) is 0 Å². The Morgan fingerprint density at radius 2 is 2.11 bits per heavy atom. The normalized spacial score (nSPS) is 12.0. The third-order valence-electron chi connectivity index (χ3n) is 2.61. The van der Waals surface area contributed by atoms with Crippen molar-refractivity contribution >= 4 is 23.3 Å². The lowest BCUT2D eigenvalue weighted by atomic mass is 10.1. The number of benzene rings is 1. The molecule has 0 bridgehead atoms. The smallest absolute Gasteiger partial charge is 0.225 e. The fourth-order valence-electron chi connectivity index (χ4n) is 1.54. The predicted octanol–water partition coefficient (Wildman–Crippen LogP) is 2.51. The minimum atomic E-state index is -0.562. The van der Waals surface area contributed by atoms with Crippen molar-refractivity contribution in [3.05, 3.63) is 34.6 Å². The molecular weight excluding hydrogens is 257 g/mol. The summed E-state index contributed by atoms with van der Waals surface area (Å²) in [7, 11) is 0. The molecule has 0 heterocycles. The van der Waals surface area contributed by atoms with E-state index < -0.39 is 17.8 Å². The average molecular weight is 272 g/mol. The van der Waals surface area contributed by atoms with Gasteiger partial charge in [0, 0.05) is 17.0 Å². The molecule has 1 unspecified atom stereocenters. The summed E-state index contributed by atoms with van der Waals surface area (Å²) in [6.45, 7) is 3.32. The monoisotopic (exact) mass is 271 g/mol. The van der Waals surface area contributed by atoms with Gasteiger partial charge in [0.15, 0.2) is 5.78 Å². The highest BCUT2D eigenvalue weighted by molar-refractivity contribution is 6.31. The average Bonchev–Trinajstić information content (AvgIpc) is 2.32. The number of Topliss-reactive ketones (excluding diaryl/α,β-unsaturated/α-hetero) is 1. The third-order valence-corrected chi connectivity index (χ3v) is 2.96. The topological polar surface area (TPSA) is 46.2 Å². The molecule has 1 amide bonds. The van der Waals surface area contributed by atoms with Crippen molar-refractivity contribution in [2.45, 2.75) is 32.7 Å². The van der Waals surface area contributed by atoms with Crippen LogP contribution in [0.4, 0.5) is 4.39 Å². The van der Waals surface area contributed by atoms with Crippen LogP contribution in [0.3, 0.4) is 0 Å². The van der Waals surface area contributed by atoms with E-state index in [1.54, 1.807) is 13.8 Å². The number of amides is 1. The second-order valence-electron chi connectivity index (χ2n) is 3.99. The van der Waals surface area contributed by atoms with Crippen LogP contribution in [-0.4, -0.2) is 17.7 Å². The van der Waals surface area contributed by atoms with E-state index >= 15 is 0 Å². The summed E-state index contributed by atoms with van der Waals surface area (Å²) in [5, 5.41) is 2.73. The van der Waals surface area contributed by atoms with Gasteiger partial charge in [-0.3, -0.25) is 9.59 Å². The largest absolute Gasteiger partial charge is 0.346 e. The lowest BCUT2D eigenvalue weighted by Gasteiger charge is -2.12. The molecular formula is C13H15ClFNO2. The van der Waals surface area contributed by atoms with Gasteiger partial charge in [-0.2, -0.15) is 0 Å². The molecule has 5 heteroatoms. The third kappa shape index (κ3) is 3.81. The molecule has 98 valence electrons. The second kappa shape index (κ2) is 6.50. The van der Waals surface area contributed by atoms with E-state index in [9.17, 15) is 14.0 Å². The van der Waals surface area contributed by atoms with Crippen LogP contribution in [0.15, 0.2) is 18.2 Å². The number of hydrogen-bond donors (Lipinski definition) is 1. The summed E-state index contributed by atoms with van der Waals surface area (Å²) in [5.41, 5.74) is 0.146. The molecule has 0 aromatic heterocycles. The van der Waals surface area contributed by atoms with Crippen LogP contribution in [0.2, 0.25) is 5.02 Å². The lowest BCUT2D eigenvalue weighted by Crippen LogP contribution is -2.39. The first-order valence-corrected chi connectivity index (χ1v) is 6.08. The highest BCUT2D eigenvalue weighted by Gasteiger charge is 2.16. The zero-order chi connectivity index (χ0) is 13.7. The number of hydrogen-bond acceptors (Lipinski definition) is 2. The van der Waals surface area contributed by atoms with Crippen LogP contribution in [0.25, 0.3) is 0 Å². The summed E-state index contributed by atoms with van der Waals surface area (Å²) >= 11 is 5.81. The molecule has 0 saturated carbocycles. The minimum absolute atomic E-state index is 0.0667. The van der Waals surface area contributed by atoms with Crippen molar-refractivity contribution < 1.29 is 14.0 Å². The van der Waals surface area contributed by atoms with Gasteiger partial charge in [-0.05, 0) is 19.1 Å². The first-order valence-electron chi connectivity index (χ1n) is 5.70. The Morgan fingerprint density at radius 3 is 2.67 bits per heavy atom. The maximum absolute atomic E-state index is 13.4. The van der Waals surface area contributed by atoms with Gasteiger partial charge in [-0.15, -0.1) is 0 Å². The number of carbonyl (C=O) groups is 2. The van der Waals surface area contributed by atoms with Gasteiger partial charge in [-0.25, -0.2) is 4.39 Å². The van der Waals surface area contributed by atoms with Crippen LogP contribution >= 0.6 is 11.6 Å². The van der Waals surface area contributed by atoms with E-state index in [0.717, 1.165) is 0 Å². The summed E-state index contributed by atoms with van der Waals surface area (Å²) in [6, 6.07) is 3.68. The van der Waals surface area contributed by atoms with Crippen LogP contribution in [0.1, 0.15) is 25.8 Å². The van der Waals surface area contributed by atoms with Crippen molar-refractivity contribution in [1.82, 2.24) is 5.32 Å². The fraction of sp³-hybridized carbons (Fsp3) is 0.385. The Kier molecular flexibility index (Phi) is 5.28. The van der Waals surface area contributed by atoms with Crippen LogP contribution in [0, 0.1) is 5.82 Å². The van der Waals surface area contributed by atoms with E-state index in [4.69, 9.17) is 11.6 Å². The van der Waals surface area contributed by atoms with Gasteiger partial charge in [0.05, 0.1) is 12.5 Å². The summed E-state index contributed by atoms with van der Waals surface area (Å²) in [6.07, 6.45) is 0.175. The molecule has 0 aliphatic heterocycles. The molecule has 0 saturated heterocycles. The molecule has 18 heavy (non-hydrogen) atoms. The van der Waals surface area contributed by atoms with Crippen molar-refractivity contribution in [2.24, 2.45) is 0 Å². The highest BCUT2D eigenvalue weighted by atomic mass is 35.5. The molecule has 0 fully saturated rings. The molecule has 1 aromatic carbocycles. The van der Waals surface area contributed by atoms with Gasteiger partial charge in [-0.1, -0.05) is 24.6 Å². The lowest BCUT2D eigenvalue weighted by molar-refractivity contribution is -0.126. The van der Waals surface area contributed by atoms with Gasteiger partial charge in [0.1, 0.15) is 5.82 Å². The quantitative estimate of drug-likeness (QED) is 0.894. The molecule has 1 N–H and O–H groups in total. The number of ketones is 1. The van der Waals surface area contributed by atoms with Gasteiger partial charge >= 0.3 is 0 Å². The Balaban J connectivity index is 2.68. The highest BCUT2D eigenvalue weighted by Crippen LogP contribution is 2.19. The van der Waals surface area contributed by atoms with E-state index in [1.807, 2.05) is 0 Å². The zero-order valence-corrected chi connectivity index (χ0v) is 11.1. The van der Waals surface area contributed by atoms with E-state index in [2.05, 4.69) is 5.32 Å². The molecule has 1 aromatic rings. The standard InChI is InChI=1S/C13H15ClFNO2/c1-3-12(17)8(2)16-13(18)7-9-10(14)5-4-6-11(9)15/h4-6,8H,3,7H2,1-2H3,(H,16,18). The van der Waals surface area contributed by atoms with Gasteiger partial charge in [0.2, 0.25) is 5.91 Å². The molecule has 0 radical (unpaired) electrons. The van der Waals surface area contributed by atoms with Crippen LogP contribution < -0.4 is 5.32 Å². The van der Waals surface area contributed by atoms with Crippen molar-refractivity contribution in [3.8, 4) is 0 Å². The first-order chi connectivity index (χ1) is 8.45. The van der Waals surface area contributed by atoms with Crippen LogP contribution in [0.5, 0.6) is 0 Å². The Morgan fingerprint density at radius 1 is 1.44 bits per heavy atom. The van der Waals surface area contributed by atoms with Gasteiger partial charge in [0.25, 0.3) is 0 Å². The molecule has 1 rings (SSSR count). The Hall–Kier alpha value is -1.42. The number of nitrogens with one attached hydrogen (secondary N) is 1. The zero-order valence-electron chi connectivity index (χ0n) is 10.3. The molecule has 0 spiro atoms. The molecule has 0 aliphatic rings. The molecule has 0 aliphatic carbocycles. The SMILES string of the molecule is CCC(=O)C(C)NC(=O)Cc1c(F)cccc1Cl. The second-order valence-corrected chi connectivity index (χ2v) is 4.39. The summed E-state index contributed by atoms with van der Waals surface area (Å²) < 4.78 is 13.4. The summed E-state index contributed by atoms with van der Waals surface area (Å²) in [4.78, 5) is 23.0. The van der Waals surface area contributed by atoms with Crippen LogP contribution in [-0.2, 0) is 16.0 Å². The number of halogens is 2. The molecule has 1 atom stereocenters. The predicted molar refractivity (Wildman–Crippen MR) is 68.0 cm³/mol.